The highest BCUT2D eigenvalue weighted by Crippen LogP contribution is 2.28. The minimum atomic E-state index is -0.119. The summed E-state index contributed by atoms with van der Waals surface area (Å²) in [6.07, 6.45) is 0. The van der Waals surface area contributed by atoms with Crippen LogP contribution in [0.4, 0.5) is 4.39 Å². The Hall–Kier alpha value is -0.500. The van der Waals surface area contributed by atoms with Gasteiger partial charge in [-0.3, -0.25) is 0 Å². The van der Waals surface area contributed by atoms with Crippen LogP contribution in [0.1, 0.15) is 6.92 Å². The van der Waals surface area contributed by atoms with Gasteiger partial charge in [-0.1, -0.05) is 30.0 Å². The molecule has 0 aliphatic rings. The Labute approximate surface area is 64.4 Å². The summed E-state index contributed by atoms with van der Waals surface area (Å²) >= 11 is 1.15. The van der Waals surface area contributed by atoms with Gasteiger partial charge in [0.05, 0.1) is 0 Å². The van der Waals surface area contributed by atoms with E-state index in [0.717, 1.165) is 16.7 Å². The fourth-order valence-corrected chi connectivity index (χ4v) is 1.27. The van der Waals surface area contributed by atoms with E-state index in [1.54, 1.807) is 0 Å². The Balaban J connectivity index is 2.59. The maximum Gasteiger partial charge on any atom is 0.201 e. The molecule has 0 aliphatic heterocycles. The molecule has 0 heterocycles. The predicted octanol–water partition coefficient (Wildman–Crippen LogP) is 3.26. The van der Waals surface area contributed by atoms with Crippen LogP contribution < -0.4 is 0 Å². The van der Waals surface area contributed by atoms with Crippen LogP contribution in [0.5, 0.6) is 0 Å². The van der Waals surface area contributed by atoms with Crippen molar-refractivity contribution in [2.45, 2.75) is 11.8 Å². The van der Waals surface area contributed by atoms with Gasteiger partial charge < -0.3 is 0 Å². The van der Waals surface area contributed by atoms with Crippen LogP contribution in [-0.4, -0.2) is 0 Å². The molecule has 0 bridgehead atoms. The zero-order valence-corrected chi connectivity index (χ0v) is 6.49. The van der Waals surface area contributed by atoms with Crippen molar-refractivity contribution >= 4 is 11.8 Å². The summed E-state index contributed by atoms with van der Waals surface area (Å²) in [5.74, 6) is 0. The topological polar surface area (TPSA) is 0 Å². The molecule has 53 valence electrons. The number of halogens is 1. The minimum absolute atomic E-state index is 0.119. The first kappa shape index (κ1) is 7.61. The molecule has 0 saturated carbocycles. The van der Waals surface area contributed by atoms with Gasteiger partial charge in [-0.05, 0) is 19.1 Å². The van der Waals surface area contributed by atoms with Crippen molar-refractivity contribution in [3.05, 3.63) is 35.8 Å². The standard InChI is InChI=1S/C8H8FS/c1-7(9)10-8-5-3-2-4-6-8/h2-6H,1H3. The van der Waals surface area contributed by atoms with Crippen LogP contribution in [0.25, 0.3) is 0 Å². The van der Waals surface area contributed by atoms with Gasteiger partial charge in [0.15, 0.2) is 0 Å². The second-order valence-electron chi connectivity index (χ2n) is 1.89. The number of rotatable bonds is 2. The number of benzene rings is 1. The summed E-state index contributed by atoms with van der Waals surface area (Å²) in [5.41, 5.74) is -0.119. The van der Waals surface area contributed by atoms with Gasteiger partial charge in [0.1, 0.15) is 0 Å². The van der Waals surface area contributed by atoms with Gasteiger partial charge in [-0.2, -0.15) is 0 Å². The van der Waals surface area contributed by atoms with Gasteiger partial charge in [0, 0.05) is 4.90 Å². The predicted molar refractivity (Wildman–Crippen MR) is 42.3 cm³/mol. The van der Waals surface area contributed by atoms with Crippen LogP contribution >= 0.6 is 11.8 Å². The molecule has 0 saturated heterocycles. The molecule has 1 radical (unpaired) electrons. The van der Waals surface area contributed by atoms with Gasteiger partial charge in [0.25, 0.3) is 0 Å². The third-order valence-corrected chi connectivity index (χ3v) is 1.79. The van der Waals surface area contributed by atoms with Crippen LogP contribution in [0.15, 0.2) is 35.2 Å². The quantitative estimate of drug-likeness (QED) is 0.591. The summed E-state index contributed by atoms with van der Waals surface area (Å²) in [6, 6.07) is 9.47. The van der Waals surface area contributed by atoms with Gasteiger partial charge >= 0.3 is 0 Å². The van der Waals surface area contributed by atoms with E-state index in [4.69, 9.17) is 0 Å². The molecule has 0 spiro atoms. The van der Waals surface area contributed by atoms with Crippen LogP contribution in [0.2, 0.25) is 0 Å². The Morgan fingerprint density at radius 1 is 1.30 bits per heavy atom. The smallest absolute Gasteiger partial charge is 0.201 e. The minimum Gasteiger partial charge on any atom is -0.227 e. The average molecular weight is 155 g/mol. The van der Waals surface area contributed by atoms with E-state index >= 15 is 0 Å². The Morgan fingerprint density at radius 3 is 2.40 bits per heavy atom. The van der Waals surface area contributed by atoms with E-state index in [2.05, 4.69) is 0 Å². The second-order valence-corrected chi connectivity index (χ2v) is 3.12. The van der Waals surface area contributed by atoms with Crippen molar-refractivity contribution in [1.82, 2.24) is 0 Å². The Kier molecular flexibility index (Phi) is 2.75. The molecule has 0 aromatic heterocycles. The summed E-state index contributed by atoms with van der Waals surface area (Å²) in [4.78, 5) is 0.947. The van der Waals surface area contributed by atoms with Crippen LogP contribution in [-0.2, 0) is 0 Å². The Morgan fingerprint density at radius 2 is 1.90 bits per heavy atom. The molecule has 0 amide bonds. The highest BCUT2D eigenvalue weighted by molar-refractivity contribution is 8.01. The molecule has 0 fully saturated rings. The first-order chi connectivity index (χ1) is 4.79. The number of thioether (sulfide) groups is 1. The molecule has 2 heteroatoms. The van der Waals surface area contributed by atoms with Crippen LogP contribution in [0, 0.1) is 5.50 Å². The third kappa shape index (κ3) is 2.40. The molecule has 0 nitrogen and oxygen atoms in total. The molecule has 10 heavy (non-hydrogen) atoms. The molecular weight excluding hydrogens is 147 g/mol. The zero-order chi connectivity index (χ0) is 7.40. The summed E-state index contributed by atoms with van der Waals surface area (Å²) in [5, 5.41) is 0. The molecule has 0 atom stereocenters. The fraction of sp³-hybridized carbons (Fsp3) is 0.125. The maximum atomic E-state index is 12.3. The normalized spacial score (nSPS) is 10.3. The van der Waals surface area contributed by atoms with Gasteiger partial charge in [-0.25, -0.2) is 4.39 Å². The average Bonchev–Trinajstić information content (AvgIpc) is 1.88. The molecule has 1 aromatic rings. The molecule has 1 rings (SSSR count). The second kappa shape index (κ2) is 3.62. The lowest BCUT2D eigenvalue weighted by Crippen LogP contribution is -1.72. The first-order valence-electron chi connectivity index (χ1n) is 3.01. The molecule has 0 unspecified atom stereocenters. The largest absolute Gasteiger partial charge is 0.227 e. The van der Waals surface area contributed by atoms with Gasteiger partial charge in [-0.15, -0.1) is 0 Å². The van der Waals surface area contributed by atoms with Crippen molar-refractivity contribution in [3.8, 4) is 0 Å². The van der Waals surface area contributed by atoms with Gasteiger partial charge in [0.2, 0.25) is 5.50 Å². The van der Waals surface area contributed by atoms with Crippen LogP contribution in [0.3, 0.4) is 0 Å². The van der Waals surface area contributed by atoms with E-state index < -0.39 is 0 Å². The third-order valence-electron chi connectivity index (χ3n) is 1.00. The van der Waals surface area contributed by atoms with E-state index in [-0.39, 0.29) is 5.50 Å². The van der Waals surface area contributed by atoms with Crippen molar-refractivity contribution in [2.24, 2.45) is 0 Å². The summed E-state index contributed by atoms with van der Waals surface area (Å²) in [7, 11) is 0. The number of hydrogen-bond acceptors (Lipinski definition) is 1. The maximum absolute atomic E-state index is 12.3. The number of hydrogen-bond donors (Lipinski definition) is 0. The monoisotopic (exact) mass is 155 g/mol. The van der Waals surface area contributed by atoms with Crippen molar-refractivity contribution in [3.63, 3.8) is 0 Å². The SMILES string of the molecule is C[C](F)Sc1ccccc1. The molecule has 0 aliphatic carbocycles. The first-order valence-corrected chi connectivity index (χ1v) is 3.82. The lowest BCUT2D eigenvalue weighted by molar-refractivity contribution is 0.599. The van der Waals surface area contributed by atoms with Crippen molar-refractivity contribution < 1.29 is 4.39 Å². The fourth-order valence-electron chi connectivity index (χ4n) is 0.651. The summed E-state index contributed by atoms with van der Waals surface area (Å²) < 4.78 is 12.3. The molecule has 0 N–H and O–H groups in total. The highest BCUT2D eigenvalue weighted by Gasteiger charge is 2.00. The molecular formula is C8H8FS. The lowest BCUT2D eigenvalue weighted by Gasteiger charge is -1.97. The van der Waals surface area contributed by atoms with Crippen molar-refractivity contribution in [1.29, 1.82) is 0 Å². The summed E-state index contributed by atoms with van der Waals surface area (Å²) in [6.45, 7) is 1.46. The highest BCUT2D eigenvalue weighted by atomic mass is 32.2. The molecule has 1 aromatic carbocycles. The Bertz CT molecular complexity index is 184. The van der Waals surface area contributed by atoms with Crippen molar-refractivity contribution in [2.75, 3.05) is 0 Å². The van der Waals surface area contributed by atoms with E-state index in [1.807, 2.05) is 30.3 Å². The van der Waals surface area contributed by atoms with E-state index in [0.29, 0.717) is 0 Å². The van der Waals surface area contributed by atoms with E-state index in [1.165, 1.54) is 6.92 Å². The zero-order valence-electron chi connectivity index (χ0n) is 5.67. The van der Waals surface area contributed by atoms with E-state index in [9.17, 15) is 4.39 Å². The lowest BCUT2D eigenvalue weighted by atomic mass is 10.4.